The highest BCUT2D eigenvalue weighted by atomic mass is 16.5. The molecule has 0 aliphatic carbocycles. The minimum absolute atomic E-state index is 0.139. The molecule has 0 fully saturated rings. The number of hydrogen-bond acceptors (Lipinski definition) is 6. The molecule has 9 nitrogen and oxygen atoms in total. The molecule has 2 aromatic heterocycles. The third kappa shape index (κ3) is 4.33. The lowest BCUT2D eigenvalue weighted by atomic mass is 10.2. The molecule has 2 aromatic carbocycles. The zero-order valence-corrected chi connectivity index (χ0v) is 18.4. The van der Waals surface area contributed by atoms with Gasteiger partial charge in [0.15, 0.2) is 0 Å². The Morgan fingerprint density at radius 1 is 1.09 bits per heavy atom. The molecule has 9 heteroatoms. The summed E-state index contributed by atoms with van der Waals surface area (Å²) in [6, 6.07) is 16.4. The Morgan fingerprint density at radius 3 is 2.45 bits per heavy atom. The predicted molar refractivity (Wildman–Crippen MR) is 125 cm³/mol. The van der Waals surface area contributed by atoms with E-state index in [-0.39, 0.29) is 5.56 Å². The summed E-state index contributed by atoms with van der Waals surface area (Å²) in [5.41, 5.74) is 1.91. The number of benzene rings is 2. The first-order valence-electron chi connectivity index (χ1n) is 10.2. The van der Waals surface area contributed by atoms with E-state index in [4.69, 9.17) is 4.74 Å². The molecule has 33 heavy (non-hydrogen) atoms. The largest absolute Gasteiger partial charge is 0.497 e. The number of aromatic nitrogens is 4. The minimum atomic E-state index is -0.761. The zero-order chi connectivity index (χ0) is 23.5. The van der Waals surface area contributed by atoms with Crippen molar-refractivity contribution in [2.75, 3.05) is 7.11 Å². The third-order valence-electron chi connectivity index (χ3n) is 5.29. The molecule has 0 unspecified atom stereocenters. The molecule has 0 saturated carbocycles. The van der Waals surface area contributed by atoms with Crippen LogP contribution in [0.3, 0.4) is 0 Å². The average Bonchev–Trinajstić information content (AvgIpc) is 3.07. The molecule has 2 heterocycles. The van der Waals surface area contributed by atoms with Gasteiger partial charge in [0.2, 0.25) is 5.88 Å². The highest BCUT2D eigenvalue weighted by molar-refractivity contribution is 5.84. The first-order valence-corrected chi connectivity index (χ1v) is 10.2. The van der Waals surface area contributed by atoms with Crippen LogP contribution in [0.2, 0.25) is 0 Å². The number of nitrogens with zero attached hydrogens (tertiary/aromatic N) is 4. The Labute approximate surface area is 189 Å². The van der Waals surface area contributed by atoms with Gasteiger partial charge in [0.1, 0.15) is 17.0 Å². The second-order valence-electron chi connectivity index (χ2n) is 7.45. The van der Waals surface area contributed by atoms with E-state index in [0.29, 0.717) is 29.4 Å². The summed E-state index contributed by atoms with van der Waals surface area (Å²) in [5, 5.41) is 15.3. The van der Waals surface area contributed by atoms with Crippen LogP contribution in [0.15, 0.2) is 69.2 Å². The van der Waals surface area contributed by atoms with Crippen LogP contribution in [0.4, 0.5) is 5.69 Å². The Morgan fingerprint density at radius 2 is 1.79 bits per heavy atom. The summed E-state index contributed by atoms with van der Waals surface area (Å²) < 4.78 is 7.95. The first-order chi connectivity index (χ1) is 15.9. The van der Waals surface area contributed by atoms with Crippen molar-refractivity contribution in [3.8, 4) is 17.3 Å². The van der Waals surface area contributed by atoms with Gasteiger partial charge in [-0.25, -0.2) is 9.36 Å². The molecule has 0 spiro atoms. The van der Waals surface area contributed by atoms with E-state index in [2.05, 4.69) is 15.1 Å². The van der Waals surface area contributed by atoms with Crippen molar-refractivity contribution in [2.24, 2.45) is 4.99 Å². The fraction of sp³-hybridized carbons (Fsp3) is 0.167. The number of methoxy groups -OCH3 is 1. The second kappa shape index (κ2) is 8.99. The smallest absolute Gasteiger partial charge is 0.335 e. The summed E-state index contributed by atoms with van der Waals surface area (Å²) in [6.07, 6.45) is 1.25. The number of H-pyrrole nitrogens is 1. The van der Waals surface area contributed by atoms with Gasteiger partial charge in [0.05, 0.1) is 30.7 Å². The molecule has 0 saturated heterocycles. The van der Waals surface area contributed by atoms with Crippen LogP contribution < -0.4 is 16.0 Å². The molecule has 0 atom stereocenters. The maximum Gasteiger partial charge on any atom is 0.335 e. The molecule has 0 bridgehead atoms. The second-order valence-corrected chi connectivity index (χ2v) is 7.45. The van der Waals surface area contributed by atoms with Gasteiger partial charge in [-0.1, -0.05) is 30.3 Å². The average molecular weight is 445 g/mol. The molecule has 4 aromatic rings. The Hall–Kier alpha value is -4.40. The number of rotatable bonds is 6. The maximum atomic E-state index is 12.4. The van der Waals surface area contributed by atoms with Crippen LogP contribution in [0.25, 0.3) is 5.69 Å². The highest BCUT2D eigenvalue weighted by Crippen LogP contribution is 2.24. The molecule has 0 radical (unpaired) electrons. The molecule has 0 aliphatic heterocycles. The van der Waals surface area contributed by atoms with Gasteiger partial charge in [-0.05, 0) is 43.7 Å². The van der Waals surface area contributed by atoms with Crippen molar-refractivity contribution >= 4 is 11.9 Å². The van der Waals surface area contributed by atoms with Crippen molar-refractivity contribution in [3.63, 3.8) is 0 Å². The molecule has 4 rings (SSSR count). The first kappa shape index (κ1) is 21.8. The van der Waals surface area contributed by atoms with E-state index in [1.807, 2.05) is 48.9 Å². The van der Waals surface area contributed by atoms with E-state index in [1.54, 1.807) is 24.3 Å². The van der Waals surface area contributed by atoms with Crippen LogP contribution in [-0.2, 0) is 6.54 Å². The number of aryl methyl sites for hydroxylation is 1. The Kier molecular flexibility index (Phi) is 5.95. The van der Waals surface area contributed by atoms with Crippen LogP contribution >= 0.6 is 0 Å². The summed E-state index contributed by atoms with van der Waals surface area (Å²) in [7, 11) is 1.53. The maximum absolute atomic E-state index is 12.4. The number of aromatic hydroxyl groups is 1. The van der Waals surface area contributed by atoms with Gasteiger partial charge in [0.25, 0.3) is 5.56 Å². The van der Waals surface area contributed by atoms with E-state index in [1.165, 1.54) is 13.3 Å². The standard InChI is InChI=1S/C24H23N5O4/c1-15-21(16(2)28(27-15)14-17-7-5-4-6-8-17)25-13-20-22(30)26-24(32)29(23(20)31)18-9-11-19(33-3)12-10-18/h4-13,31H,14H2,1-3H3,(H,26,30,32). The monoisotopic (exact) mass is 445 g/mol. The summed E-state index contributed by atoms with van der Waals surface area (Å²) >= 11 is 0. The molecular formula is C24H23N5O4. The van der Waals surface area contributed by atoms with Crippen molar-refractivity contribution in [2.45, 2.75) is 20.4 Å². The predicted octanol–water partition coefficient (Wildman–Crippen LogP) is 2.85. The molecule has 0 amide bonds. The lowest BCUT2D eigenvalue weighted by Crippen LogP contribution is -2.31. The summed E-state index contributed by atoms with van der Waals surface area (Å²) in [5.74, 6) is 0.0839. The van der Waals surface area contributed by atoms with Crippen LogP contribution in [0, 0.1) is 13.8 Å². The van der Waals surface area contributed by atoms with Gasteiger partial charge in [-0.15, -0.1) is 0 Å². The quantitative estimate of drug-likeness (QED) is 0.443. The van der Waals surface area contributed by atoms with Crippen molar-refractivity contribution in [1.29, 1.82) is 0 Å². The number of aliphatic imine (C=N–C) groups is 1. The van der Waals surface area contributed by atoms with E-state index >= 15 is 0 Å². The van der Waals surface area contributed by atoms with Crippen molar-refractivity contribution < 1.29 is 9.84 Å². The molecule has 168 valence electrons. The van der Waals surface area contributed by atoms with Crippen molar-refractivity contribution in [1.82, 2.24) is 19.3 Å². The van der Waals surface area contributed by atoms with Crippen LogP contribution in [-0.4, -0.2) is 37.8 Å². The van der Waals surface area contributed by atoms with Gasteiger partial charge in [0, 0.05) is 6.21 Å². The highest BCUT2D eigenvalue weighted by Gasteiger charge is 2.16. The zero-order valence-electron chi connectivity index (χ0n) is 18.4. The summed E-state index contributed by atoms with van der Waals surface area (Å²) in [6.45, 7) is 4.29. The minimum Gasteiger partial charge on any atom is -0.497 e. The van der Waals surface area contributed by atoms with Gasteiger partial charge < -0.3 is 9.84 Å². The Balaban J connectivity index is 1.71. The molecule has 0 aliphatic rings. The normalized spacial score (nSPS) is 11.2. The fourth-order valence-electron chi connectivity index (χ4n) is 3.54. The number of aromatic amines is 1. The van der Waals surface area contributed by atoms with Gasteiger partial charge in [-0.3, -0.25) is 19.5 Å². The van der Waals surface area contributed by atoms with Gasteiger partial charge >= 0.3 is 5.69 Å². The van der Waals surface area contributed by atoms with Gasteiger partial charge in [-0.2, -0.15) is 5.10 Å². The lowest BCUT2D eigenvalue weighted by molar-refractivity contribution is 0.414. The third-order valence-corrected chi connectivity index (χ3v) is 5.29. The molecular weight excluding hydrogens is 422 g/mol. The summed E-state index contributed by atoms with van der Waals surface area (Å²) in [4.78, 5) is 31.5. The van der Waals surface area contributed by atoms with E-state index in [9.17, 15) is 14.7 Å². The topological polar surface area (TPSA) is 114 Å². The van der Waals surface area contributed by atoms with E-state index in [0.717, 1.165) is 15.8 Å². The van der Waals surface area contributed by atoms with E-state index < -0.39 is 17.1 Å². The van der Waals surface area contributed by atoms with Crippen LogP contribution in [0.5, 0.6) is 11.6 Å². The van der Waals surface area contributed by atoms with Crippen LogP contribution in [0.1, 0.15) is 22.5 Å². The van der Waals surface area contributed by atoms with Crippen molar-refractivity contribution in [3.05, 3.63) is 98.0 Å². The number of hydrogen-bond donors (Lipinski definition) is 2. The molecule has 2 N–H and O–H groups in total. The lowest BCUT2D eigenvalue weighted by Gasteiger charge is -2.10. The Bertz CT molecular complexity index is 1430. The fourth-order valence-corrected chi connectivity index (χ4v) is 3.54. The SMILES string of the molecule is COc1ccc(-n2c(O)c(C=Nc3c(C)nn(Cc4ccccc4)c3C)c(=O)[nH]c2=O)cc1. The number of nitrogens with one attached hydrogen (secondary N) is 1. The number of ether oxygens (including phenoxy) is 1.